The predicted molar refractivity (Wildman–Crippen MR) is 71.2 cm³/mol. The van der Waals surface area contributed by atoms with E-state index < -0.39 is 0 Å². The zero-order valence-electron chi connectivity index (χ0n) is 11.5. The molecule has 17 heavy (non-hydrogen) atoms. The van der Waals surface area contributed by atoms with Crippen molar-refractivity contribution in [2.45, 2.75) is 33.2 Å². The Morgan fingerprint density at radius 1 is 1.47 bits per heavy atom. The van der Waals surface area contributed by atoms with Crippen molar-refractivity contribution in [1.29, 1.82) is 0 Å². The zero-order valence-corrected chi connectivity index (χ0v) is 11.5. The molecule has 1 aromatic heterocycles. The van der Waals surface area contributed by atoms with Gasteiger partial charge < -0.3 is 5.32 Å². The average Bonchev–Trinajstić information content (AvgIpc) is 2.53. The van der Waals surface area contributed by atoms with Crippen LogP contribution in [-0.4, -0.2) is 34.8 Å². The fourth-order valence-electron chi connectivity index (χ4n) is 2.86. The fourth-order valence-corrected chi connectivity index (χ4v) is 2.86. The van der Waals surface area contributed by atoms with Gasteiger partial charge in [-0.2, -0.15) is 5.10 Å². The molecule has 4 heteroatoms. The number of nitrogens with one attached hydrogen (secondary N) is 1. The molecule has 1 atom stereocenters. The van der Waals surface area contributed by atoms with Crippen LogP contribution < -0.4 is 5.32 Å². The second-order valence-electron chi connectivity index (χ2n) is 5.27. The van der Waals surface area contributed by atoms with E-state index in [0.717, 1.165) is 24.0 Å². The average molecular weight is 236 g/mol. The van der Waals surface area contributed by atoms with E-state index in [4.69, 9.17) is 0 Å². The highest BCUT2D eigenvalue weighted by molar-refractivity contribution is 5.46. The predicted octanol–water partition coefficient (Wildman–Crippen LogP) is 2.00. The Morgan fingerprint density at radius 2 is 2.24 bits per heavy atom. The van der Waals surface area contributed by atoms with Crippen molar-refractivity contribution in [3.05, 3.63) is 11.3 Å². The van der Waals surface area contributed by atoms with Gasteiger partial charge in [-0.3, -0.25) is 9.58 Å². The minimum Gasteiger partial charge on any atom is -0.373 e. The molecule has 1 fully saturated rings. The van der Waals surface area contributed by atoms with Crippen LogP contribution in [0.2, 0.25) is 0 Å². The van der Waals surface area contributed by atoms with Crippen molar-refractivity contribution in [1.82, 2.24) is 14.7 Å². The van der Waals surface area contributed by atoms with Gasteiger partial charge in [0, 0.05) is 32.7 Å². The molecule has 0 aromatic carbocycles. The minimum absolute atomic E-state index is 0.832. The molecule has 0 amide bonds. The monoisotopic (exact) mass is 236 g/mol. The fraction of sp³-hybridized carbons (Fsp3) is 0.769. The maximum atomic E-state index is 4.49. The van der Waals surface area contributed by atoms with E-state index in [0.29, 0.717) is 0 Å². The summed E-state index contributed by atoms with van der Waals surface area (Å²) in [5.74, 6) is 1.99. The molecule has 2 rings (SSSR count). The molecule has 0 spiro atoms. The van der Waals surface area contributed by atoms with Gasteiger partial charge in [-0.25, -0.2) is 0 Å². The van der Waals surface area contributed by atoms with Crippen LogP contribution in [0.5, 0.6) is 0 Å². The first-order valence-electron chi connectivity index (χ1n) is 6.54. The number of rotatable bonds is 3. The third-order valence-electron chi connectivity index (χ3n) is 3.71. The van der Waals surface area contributed by atoms with Crippen LogP contribution in [0.25, 0.3) is 0 Å². The standard InChI is InChI=1S/C13H24N4/c1-10-6-5-7-17(8-10)9-12-11(2)15-16(4)13(12)14-3/h10,14H,5-9H2,1-4H3. The third kappa shape index (κ3) is 2.63. The van der Waals surface area contributed by atoms with Gasteiger partial charge in [-0.05, 0) is 32.2 Å². The summed E-state index contributed by atoms with van der Waals surface area (Å²) in [7, 11) is 3.97. The maximum absolute atomic E-state index is 4.49. The molecular weight excluding hydrogens is 212 g/mol. The van der Waals surface area contributed by atoms with Gasteiger partial charge in [-0.15, -0.1) is 0 Å². The molecule has 96 valence electrons. The van der Waals surface area contributed by atoms with Gasteiger partial charge in [0.15, 0.2) is 0 Å². The lowest BCUT2D eigenvalue weighted by molar-refractivity contribution is 0.176. The van der Waals surface area contributed by atoms with E-state index in [-0.39, 0.29) is 0 Å². The first kappa shape index (κ1) is 12.4. The summed E-state index contributed by atoms with van der Waals surface area (Å²) < 4.78 is 1.94. The molecule has 1 N–H and O–H groups in total. The number of aromatic nitrogens is 2. The number of hydrogen-bond donors (Lipinski definition) is 1. The summed E-state index contributed by atoms with van der Waals surface area (Å²) in [5.41, 5.74) is 2.50. The van der Waals surface area contributed by atoms with E-state index in [1.54, 1.807) is 0 Å². The Balaban J connectivity index is 2.12. The number of aryl methyl sites for hydroxylation is 2. The first-order valence-corrected chi connectivity index (χ1v) is 6.54. The number of likely N-dealkylation sites (tertiary alicyclic amines) is 1. The van der Waals surface area contributed by atoms with Crippen molar-refractivity contribution < 1.29 is 0 Å². The van der Waals surface area contributed by atoms with Crippen LogP contribution in [0.15, 0.2) is 0 Å². The molecule has 0 bridgehead atoms. The van der Waals surface area contributed by atoms with E-state index in [2.05, 4.69) is 29.2 Å². The molecule has 4 nitrogen and oxygen atoms in total. The molecular formula is C13H24N4. The first-order chi connectivity index (χ1) is 8.11. The van der Waals surface area contributed by atoms with Crippen molar-refractivity contribution >= 4 is 5.82 Å². The van der Waals surface area contributed by atoms with Crippen LogP contribution in [0.1, 0.15) is 31.0 Å². The maximum Gasteiger partial charge on any atom is 0.128 e. The second-order valence-corrected chi connectivity index (χ2v) is 5.27. The van der Waals surface area contributed by atoms with Crippen molar-refractivity contribution in [2.75, 3.05) is 25.5 Å². The Bertz CT molecular complexity index is 383. The van der Waals surface area contributed by atoms with Crippen LogP contribution in [-0.2, 0) is 13.6 Å². The highest BCUT2D eigenvalue weighted by Gasteiger charge is 2.20. The molecule has 1 unspecified atom stereocenters. The Hall–Kier alpha value is -1.03. The lowest BCUT2D eigenvalue weighted by atomic mass is 10.00. The van der Waals surface area contributed by atoms with E-state index in [1.807, 2.05) is 18.8 Å². The van der Waals surface area contributed by atoms with Crippen molar-refractivity contribution in [3.8, 4) is 0 Å². The molecule has 1 aliphatic heterocycles. The zero-order chi connectivity index (χ0) is 12.4. The van der Waals surface area contributed by atoms with Gasteiger partial charge in [0.25, 0.3) is 0 Å². The normalized spacial score (nSPS) is 21.8. The summed E-state index contributed by atoms with van der Waals surface area (Å²) in [5, 5.41) is 7.75. The van der Waals surface area contributed by atoms with Crippen LogP contribution in [0.4, 0.5) is 5.82 Å². The number of anilines is 1. The lowest BCUT2D eigenvalue weighted by Gasteiger charge is -2.30. The van der Waals surface area contributed by atoms with Gasteiger partial charge in [0.1, 0.15) is 5.82 Å². The summed E-state index contributed by atoms with van der Waals surface area (Å²) in [6.45, 7) is 7.92. The van der Waals surface area contributed by atoms with Gasteiger partial charge in [0.05, 0.1) is 5.69 Å². The minimum atomic E-state index is 0.832. The molecule has 1 aliphatic rings. The molecule has 0 saturated carbocycles. The number of hydrogen-bond acceptors (Lipinski definition) is 3. The second kappa shape index (κ2) is 5.08. The summed E-state index contributed by atoms with van der Waals surface area (Å²) in [6, 6.07) is 0. The summed E-state index contributed by atoms with van der Waals surface area (Å²) in [4.78, 5) is 2.55. The number of piperidine rings is 1. The van der Waals surface area contributed by atoms with E-state index in [9.17, 15) is 0 Å². The van der Waals surface area contributed by atoms with Gasteiger partial charge >= 0.3 is 0 Å². The lowest BCUT2D eigenvalue weighted by Crippen LogP contribution is -2.34. The number of nitrogens with zero attached hydrogens (tertiary/aromatic N) is 3. The Kier molecular flexibility index (Phi) is 3.72. The topological polar surface area (TPSA) is 33.1 Å². The van der Waals surface area contributed by atoms with Crippen LogP contribution in [0, 0.1) is 12.8 Å². The molecule has 0 aliphatic carbocycles. The highest BCUT2D eigenvalue weighted by Crippen LogP contribution is 2.23. The van der Waals surface area contributed by atoms with Crippen molar-refractivity contribution in [2.24, 2.45) is 13.0 Å². The highest BCUT2D eigenvalue weighted by atomic mass is 15.3. The molecule has 1 aromatic rings. The molecule has 2 heterocycles. The van der Waals surface area contributed by atoms with Crippen LogP contribution in [0.3, 0.4) is 0 Å². The SMILES string of the molecule is CNc1c(CN2CCCC(C)C2)c(C)nn1C. The Morgan fingerprint density at radius 3 is 2.88 bits per heavy atom. The van der Waals surface area contributed by atoms with Gasteiger partial charge in [-0.1, -0.05) is 6.92 Å². The quantitative estimate of drug-likeness (QED) is 0.871. The van der Waals surface area contributed by atoms with Crippen molar-refractivity contribution in [3.63, 3.8) is 0 Å². The Labute approximate surface area is 104 Å². The largest absolute Gasteiger partial charge is 0.373 e. The molecule has 0 radical (unpaired) electrons. The third-order valence-corrected chi connectivity index (χ3v) is 3.71. The smallest absolute Gasteiger partial charge is 0.128 e. The summed E-state index contributed by atoms with van der Waals surface area (Å²) in [6.07, 6.45) is 2.71. The van der Waals surface area contributed by atoms with Crippen LogP contribution >= 0.6 is 0 Å². The van der Waals surface area contributed by atoms with Gasteiger partial charge in [0.2, 0.25) is 0 Å². The van der Waals surface area contributed by atoms with E-state index in [1.165, 1.54) is 31.5 Å². The summed E-state index contributed by atoms with van der Waals surface area (Å²) >= 11 is 0. The van der Waals surface area contributed by atoms with E-state index >= 15 is 0 Å². The molecule has 1 saturated heterocycles.